The highest BCUT2D eigenvalue weighted by molar-refractivity contribution is 5.85. The van der Waals surface area contributed by atoms with Crippen molar-refractivity contribution in [1.82, 2.24) is 0 Å². The molecule has 2 N–H and O–H groups in total. The Labute approximate surface area is 83.3 Å². The van der Waals surface area contributed by atoms with Crippen LogP contribution >= 0.6 is 12.4 Å². The van der Waals surface area contributed by atoms with E-state index in [2.05, 4.69) is 0 Å². The summed E-state index contributed by atoms with van der Waals surface area (Å²) < 4.78 is 17.9. The third kappa shape index (κ3) is 2.57. The smallest absolute Gasteiger partial charge is 0.165 e. The highest BCUT2D eigenvalue weighted by Gasteiger charge is 2.10. The average Bonchev–Trinajstić information content (AvgIpc) is 2.03. The van der Waals surface area contributed by atoms with E-state index in [0.29, 0.717) is 5.56 Å². The van der Waals surface area contributed by atoms with Gasteiger partial charge >= 0.3 is 0 Å². The Morgan fingerprint density at radius 2 is 2.08 bits per heavy atom. The van der Waals surface area contributed by atoms with Crippen molar-refractivity contribution in [1.29, 1.82) is 0 Å². The summed E-state index contributed by atoms with van der Waals surface area (Å²) in [6, 6.07) is 4.52. The molecular formula is C9H13ClFNO. The third-order valence-electron chi connectivity index (χ3n) is 1.69. The van der Waals surface area contributed by atoms with Gasteiger partial charge in [0.1, 0.15) is 0 Å². The number of para-hydroxylation sites is 1. The van der Waals surface area contributed by atoms with Crippen molar-refractivity contribution in [2.75, 3.05) is 7.11 Å². The van der Waals surface area contributed by atoms with Crippen molar-refractivity contribution in [3.63, 3.8) is 0 Å². The third-order valence-corrected chi connectivity index (χ3v) is 1.69. The molecule has 0 aliphatic rings. The molecule has 2 nitrogen and oxygen atoms in total. The van der Waals surface area contributed by atoms with Crippen molar-refractivity contribution in [2.45, 2.75) is 13.0 Å². The molecular weight excluding hydrogens is 193 g/mol. The fraction of sp³-hybridized carbons (Fsp3) is 0.333. The van der Waals surface area contributed by atoms with E-state index in [1.807, 2.05) is 0 Å². The Balaban J connectivity index is 0.00000144. The van der Waals surface area contributed by atoms with E-state index < -0.39 is 0 Å². The first-order valence-corrected chi connectivity index (χ1v) is 3.74. The fourth-order valence-electron chi connectivity index (χ4n) is 1.10. The molecule has 1 atom stereocenters. The summed E-state index contributed by atoms with van der Waals surface area (Å²) in [5, 5.41) is 0. The first-order chi connectivity index (χ1) is 5.66. The number of methoxy groups -OCH3 is 1. The lowest BCUT2D eigenvalue weighted by molar-refractivity contribution is 0.379. The molecule has 0 heterocycles. The summed E-state index contributed by atoms with van der Waals surface area (Å²) in [5.74, 6) is -0.125. The maximum Gasteiger partial charge on any atom is 0.165 e. The Morgan fingerprint density at radius 1 is 1.46 bits per heavy atom. The normalized spacial score (nSPS) is 11.7. The Morgan fingerprint density at radius 3 is 2.46 bits per heavy atom. The largest absolute Gasteiger partial charge is 0.493 e. The Kier molecular flexibility index (Phi) is 4.73. The van der Waals surface area contributed by atoms with Gasteiger partial charge in [0.15, 0.2) is 11.6 Å². The summed E-state index contributed by atoms with van der Waals surface area (Å²) >= 11 is 0. The first-order valence-electron chi connectivity index (χ1n) is 3.74. The van der Waals surface area contributed by atoms with E-state index in [-0.39, 0.29) is 30.0 Å². The molecule has 0 spiro atoms. The van der Waals surface area contributed by atoms with Crippen molar-refractivity contribution in [3.8, 4) is 5.75 Å². The second-order valence-corrected chi connectivity index (χ2v) is 2.65. The minimum absolute atomic E-state index is 0. The second-order valence-electron chi connectivity index (χ2n) is 2.65. The van der Waals surface area contributed by atoms with Gasteiger partial charge in [-0.1, -0.05) is 12.1 Å². The van der Waals surface area contributed by atoms with Gasteiger partial charge in [-0.2, -0.15) is 0 Å². The molecule has 0 saturated carbocycles. The lowest BCUT2D eigenvalue weighted by atomic mass is 10.1. The molecule has 0 fully saturated rings. The summed E-state index contributed by atoms with van der Waals surface area (Å²) in [7, 11) is 1.43. The molecule has 0 aromatic heterocycles. The highest BCUT2D eigenvalue weighted by Crippen LogP contribution is 2.26. The number of nitrogens with two attached hydrogens (primary N) is 1. The number of benzene rings is 1. The molecule has 0 aliphatic carbocycles. The van der Waals surface area contributed by atoms with Crippen LogP contribution in [-0.4, -0.2) is 7.11 Å². The van der Waals surface area contributed by atoms with Crippen LogP contribution in [0.4, 0.5) is 4.39 Å². The van der Waals surface area contributed by atoms with Gasteiger partial charge in [0, 0.05) is 11.6 Å². The molecule has 0 amide bonds. The minimum atomic E-state index is -0.368. The van der Waals surface area contributed by atoms with Crippen LogP contribution in [0.25, 0.3) is 0 Å². The predicted octanol–water partition coefficient (Wildman–Crippen LogP) is 2.28. The van der Waals surface area contributed by atoms with E-state index in [4.69, 9.17) is 10.5 Å². The first kappa shape index (κ1) is 12.2. The van der Waals surface area contributed by atoms with E-state index in [0.717, 1.165) is 0 Å². The van der Waals surface area contributed by atoms with Gasteiger partial charge in [0.2, 0.25) is 0 Å². The zero-order chi connectivity index (χ0) is 9.14. The zero-order valence-corrected chi connectivity index (χ0v) is 8.40. The van der Waals surface area contributed by atoms with Gasteiger partial charge in [-0.3, -0.25) is 0 Å². The average molecular weight is 206 g/mol. The lowest BCUT2D eigenvalue weighted by Gasteiger charge is -2.11. The maximum atomic E-state index is 13.0. The summed E-state index contributed by atoms with van der Waals surface area (Å²) in [6.45, 7) is 1.79. The van der Waals surface area contributed by atoms with Gasteiger partial charge < -0.3 is 10.5 Å². The van der Waals surface area contributed by atoms with Crippen LogP contribution in [-0.2, 0) is 0 Å². The van der Waals surface area contributed by atoms with E-state index in [9.17, 15) is 4.39 Å². The van der Waals surface area contributed by atoms with Gasteiger partial charge in [-0.05, 0) is 13.0 Å². The van der Waals surface area contributed by atoms with Crippen LogP contribution in [0.3, 0.4) is 0 Å². The van der Waals surface area contributed by atoms with Crippen LogP contribution in [0.5, 0.6) is 5.75 Å². The number of ether oxygens (including phenoxy) is 1. The van der Waals surface area contributed by atoms with Crippen molar-refractivity contribution in [3.05, 3.63) is 29.6 Å². The molecule has 0 bridgehead atoms. The Hall–Kier alpha value is -0.800. The predicted molar refractivity (Wildman–Crippen MR) is 52.8 cm³/mol. The Bertz CT molecular complexity index is 278. The summed E-state index contributed by atoms with van der Waals surface area (Å²) in [5.41, 5.74) is 6.30. The number of halogens is 2. The number of rotatable bonds is 2. The highest BCUT2D eigenvalue weighted by atomic mass is 35.5. The molecule has 0 unspecified atom stereocenters. The van der Waals surface area contributed by atoms with Gasteiger partial charge in [0.25, 0.3) is 0 Å². The number of hydrogen-bond donors (Lipinski definition) is 1. The number of hydrogen-bond acceptors (Lipinski definition) is 2. The van der Waals surface area contributed by atoms with Crippen LogP contribution < -0.4 is 10.5 Å². The molecule has 74 valence electrons. The van der Waals surface area contributed by atoms with Crippen molar-refractivity contribution in [2.24, 2.45) is 5.73 Å². The quantitative estimate of drug-likeness (QED) is 0.804. The van der Waals surface area contributed by atoms with Crippen LogP contribution in [0.15, 0.2) is 18.2 Å². The summed E-state index contributed by atoms with van der Waals surface area (Å²) in [4.78, 5) is 0. The molecule has 1 aromatic carbocycles. The maximum absolute atomic E-state index is 13.0. The molecule has 0 saturated heterocycles. The van der Waals surface area contributed by atoms with Crippen molar-refractivity contribution < 1.29 is 9.13 Å². The fourth-order valence-corrected chi connectivity index (χ4v) is 1.10. The molecule has 1 rings (SSSR count). The zero-order valence-electron chi connectivity index (χ0n) is 7.58. The van der Waals surface area contributed by atoms with E-state index in [1.165, 1.54) is 13.2 Å². The van der Waals surface area contributed by atoms with E-state index in [1.54, 1.807) is 19.1 Å². The minimum Gasteiger partial charge on any atom is -0.493 e. The molecule has 13 heavy (non-hydrogen) atoms. The van der Waals surface area contributed by atoms with Gasteiger partial charge in [-0.25, -0.2) is 4.39 Å². The monoisotopic (exact) mass is 205 g/mol. The molecule has 0 aliphatic heterocycles. The standard InChI is InChI=1S/C9H12FNO.ClH/c1-6(11)7-4-3-5-8(10)9(7)12-2;/h3-6H,11H2,1-2H3;1H/t6-;/m0./s1. The van der Waals surface area contributed by atoms with Gasteiger partial charge in [-0.15, -0.1) is 12.4 Å². The lowest BCUT2D eigenvalue weighted by Crippen LogP contribution is -2.07. The van der Waals surface area contributed by atoms with Crippen LogP contribution in [0.2, 0.25) is 0 Å². The summed E-state index contributed by atoms with van der Waals surface area (Å²) in [6.07, 6.45) is 0. The van der Waals surface area contributed by atoms with Gasteiger partial charge in [0.05, 0.1) is 7.11 Å². The molecule has 4 heteroatoms. The van der Waals surface area contributed by atoms with Crippen molar-refractivity contribution >= 4 is 12.4 Å². The molecule has 0 radical (unpaired) electrons. The SMILES string of the molecule is COc1c(F)cccc1[C@H](C)N.Cl. The second kappa shape index (κ2) is 5.04. The topological polar surface area (TPSA) is 35.2 Å². The molecule has 1 aromatic rings. The van der Waals surface area contributed by atoms with Crippen LogP contribution in [0, 0.1) is 5.82 Å². The van der Waals surface area contributed by atoms with Crippen LogP contribution in [0.1, 0.15) is 18.5 Å². The van der Waals surface area contributed by atoms with E-state index >= 15 is 0 Å².